The maximum absolute atomic E-state index is 14.9. The molecule has 1 saturated heterocycles. The molecule has 0 saturated carbocycles. The molecule has 1 fully saturated rings. The highest BCUT2D eigenvalue weighted by molar-refractivity contribution is 7.98. The van der Waals surface area contributed by atoms with Crippen LogP contribution in [0.4, 0.5) is 0 Å². The Kier molecular flexibility index (Phi) is 61.9. The third-order valence-corrected chi connectivity index (χ3v) is 23.9. The quantitative estimate of drug-likeness (QED) is 0.0270. The number of nitrogens with zero attached hydrogens (tertiary/aromatic N) is 1. The summed E-state index contributed by atoms with van der Waals surface area (Å²) < 4.78 is 0. The van der Waals surface area contributed by atoms with Crippen molar-refractivity contribution in [2.24, 2.45) is 34.8 Å². The third-order valence-electron chi connectivity index (χ3n) is 23.3. The van der Waals surface area contributed by atoms with Gasteiger partial charge in [-0.15, -0.1) is 0 Å². The average Bonchev–Trinajstić information content (AvgIpc) is 1.47. The Morgan fingerprint density at radius 3 is 1.14 bits per heavy atom. The normalized spacial score (nSPS) is 15.7. The number of aliphatic carboxylic acids is 5. The topological polar surface area (TPSA) is 846 Å². The van der Waals surface area contributed by atoms with E-state index < -0.39 is 309 Å². The van der Waals surface area contributed by atoms with E-state index in [9.17, 15) is 146 Å². The highest BCUT2D eigenvalue weighted by Gasteiger charge is 2.44. The molecule has 145 heavy (non-hydrogen) atoms. The number of carboxylic acids is 5. The van der Waals surface area contributed by atoms with Gasteiger partial charge in [-0.3, -0.25) is 110 Å². The second-order valence-electron chi connectivity index (χ2n) is 35.7. The Bertz CT molecular complexity index is 4450. The van der Waals surface area contributed by atoms with E-state index in [0.29, 0.717) is 37.8 Å². The summed E-state index contributed by atoms with van der Waals surface area (Å²) in [6, 6.07) is -20.7. The number of aliphatic hydroxyl groups excluding tert-OH is 2. The second kappa shape index (κ2) is 70.0. The van der Waals surface area contributed by atoms with Crippen molar-refractivity contribution < 1.29 is 146 Å². The molecule has 2 rings (SSSR count). The molecule has 53 heteroatoms. The molecule has 0 spiro atoms. The highest BCUT2D eigenvalue weighted by Crippen LogP contribution is 2.23. The number of carboxylic acid groups (broad SMARTS) is 5. The number of carbonyl (C=O) groups is 23. The predicted molar refractivity (Wildman–Crippen MR) is 523 cm³/mol. The van der Waals surface area contributed by atoms with Gasteiger partial charge in [0.05, 0.1) is 32.5 Å². The van der Waals surface area contributed by atoms with Gasteiger partial charge in [-0.05, 0) is 185 Å². The van der Waals surface area contributed by atoms with Crippen molar-refractivity contribution in [2.45, 2.75) is 325 Å². The fraction of sp³-hybridized carbons (Fsp3) is 0.685. The predicted octanol–water partition coefficient (Wildman–Crippen LogP) is -6.57. The first-order chi connectivity index (χ1) is 68.7. The molecular formula is C92H152N22O30S. The minimum atomic E-state index is -2.06. The van der Waals surface area contributed by atoms with E-state index in [2.05, 4.69) is 90.4 Å². The van der Waals surface area contributed by atoms with Gasteiger partial charge in [0.25, 0.3) is 0 Å². The van der Waals surface area contributed by atoms with Crippen molar-refractivity contribution in [3.8, 4) is 0 Å². The zero-order chi connectivity index (χ0) is 109. The number of nitrogens with one attached hydrogen (secondary N) is 17. The summed E-state index contributed by atoms with van der Waals surface area (Å²) >= 11 is 1.17. The molecule has 0 bridgehead atoms. The fourth-order valence-electron chi connectivity index (χ4n) is 15.1. The number of rotatable bonds is 75. The summed E-state index contributed by atoms with van der Waals surface area (Å²) in [6.45, 7) is 9.46. The van der Waals surface area contributed by atoms with E-state index in [4.69, 9.17) is 22.9 Å². The van der Waals surface area contributed by atoms with Gasteiger partial charge in [-0.25, -0.2) is 0 Å². The maximum Gasteiger partial charge on any atom is 0.305 e. The molecule has 18 amide bonds. The Hall–Kier alpha value is -12.9. The van der Waals surface area contributed by atoms with Crippen LogP contribution in [0.25, 0.3) is 0 Å². The maximum atomic E-state index is 14.9. The minimum Gasteiger partial charge on any atom is -0.481 e. The van der Waals surface area contributed by atoms with Crippen molar-refractivity contribution in [1.29, 1.82) is 0 Å². The first kappa shape index (κ1) is 128. The minimum absolute atomic E-state index is 0.00843. The molecule has 1 aliphatic heterocycles. The van der Waals surface area contributed by atoms with Gasteiger partial charge in [-0.2, -0.15) is 11.8 Å². The molecule has 1 heterocycles. The number of hydrogen-bond donors (Lipinski definition) is 28. The number of benzene rings is 1. The van der Waals surface area contributed by atoms with Crippen LogP contribution in [0.1, 0.15) is 221 Å². The molecule has 816 valence electrons. The molecule has 0 aromatic heterocycles. The van der Waals surface area contributed by atoms with Crippen molar-refractivity contribution in [1.82, 2.24) is 95.3 Å². The Balaban J connectivity index is 2.57. The van der Waals surface area contributed by atoms with Crippen molar-refractivity contribution >= 4 is 148 Å². The van der Waals surface area contributed by atoms with Crippen LogP contribution in [-0.4, -0.2) is 344 Å². The van der Waals surface area contributed by atoms with Crippen molar-refractivity contribution in [2.75, 3.05) is 64.5 Å². The summed E-state index contributed by atoms with van der Waals surface area (Å²) in [6.07, 6.45) is -2.33. The largest absolute Gasteiger partial charge is 0.481 e. The van der Waals surface area contributed by atoms with E-state index in [1.165, 1.54) is 18.7 Å². The molecule has 32 N–H and O–H groups in total. The van der Waals surface area contributed by atoms with Gasteiger partial charge >= 0.3 is 29.8 Å². The van der Waals surface area contributed by atoms with Crippen LogP contribution >= 0.6 is 11.8 Å². The van der Waals surface area contributed by atoms with E-state index in [0.717, 1.165) is 25.2 Å². The number of likely N-dealkylation sites (tertiary alicyclic amines) is 1. The second-order valence-corrected chi connectivity index (χ2v) is 36.7. The molecular weight excluding hydrogens is 1930 g/mol. The highest BCUT2D eigenvalue weighted by atomic mass is 32.2. The first-order valence-corrected chi connectivity index (χ1v) is 50.1. The van der Waals surface area contributed by atoms with E-state index in [1.54, 1.807) is 43.5 Å². The Morgan fingerprint density at radius 2 is 0.731 bits per heavy atom. The Labute approximate surface area is 845 Å². The van der Waals surface area contributed by atoms with E-state index in [-0.39, 0.29) is 134 Å². The van der Waals surface area contributed by atoms with Crippen LogP contribution in [0.15, 0.2) is 30.3 Å². The van der Waals surface area contributed by atoms with E-state index in [1.807, 2.05) is 20.8 Å². The zero-order valence-corrected chi connectivity index (χ0v) is 84.3. The summed E-state index contributed by atoms with van der Waals surface area (Å²) in [7, 11) is 0. The third kappa shape index (κ3) is 49.5. The summed E-state index contributed by atoms with van der Waals surface area (Å²) in [5.74, 6) is -27.9. The molecule has 0 aliphatic carbocycles. The monoisotopic (exact) mass is 2080 g/mol. The van der Waals surface area contributed by atoms with Crippen LogP contribution in [-0.2, 0) is 117 Å². The molecule has 0 radical (unpaired) electrons. The summed E-state index contributed by atoms with van der Waals surface area (Å²) in [5.41, 5.74) is 23.5. The summed E-state index contributed by atoms with van der Waals surface area (Å²) in [4.78, 5) is 316. The van der Waals surface area contributed by atoms with Gasteiger partial charge in [0, 0.05) is 39.3 Å². The molecule has 18 atom stereocenters. The van der Waals surface area contributed by atoms with Gasteiger partial charge < -0.3 is 154 Å². The number of thioether (sulfide) groups is 1. The lowest BCUT2D eigenvalue weighted by Crippen LogP contribution is -2.62. The molecule has 18 unspecified atom stereocenters. The van der Waals surface area contributed by atoms with Crippen molar-refractivity contribution in [3.05, 3.63) is 35.9 Å². The lowest BCUT2D eigenvalue weighted by Gasteiger charge is -2.31. The molecule has 1 aromatic carbocycles. The number of nitrogens with two attached hydrogens (primary N) is 4. The van der Waals surface area contributed by atoms with Gasteiger partial charge in [0.1, 0.15) is 103 Å². The fourth-order valence-corrected chi connectivity index (χ4v) is 15.5. The number of amides is 18. The van der Waals surface area contributed by atoms with Crippen LogP contribution in [0, 0.1) is 11.8 Å². The average molecular weight is 2080 g/mol. The van der Waals surface area contributed by atoms with Crippen LogP contribution in [0.3, 0.4) is 0 Å². The van der Waals surface area contributed by atoms with Crippen molar-refractivity contribution in [3.63, 3.8) is 0 Å². The number of aliphatic hydroxyl groups is 2. The zero-order valence-electron chi connectivity index (χ0n) is 83.5. The van der Waals surface area contributed by atoms with Crippen LogP contribution < -0.4 is 113 Å². The van der Waals surface area contributed by atoms with Gasteiger partial charge in [-0.1, -0.05) is 77.8 Å². The van der Waals surface area contributed by atoms with Crippen LogP contribution in [0.5, 0.6) is 0 Å². The standard InChI is InChI=1S/C92H152N22O30S/c1-9-11-40-97-77(129)62(43-50(3)4)107-79(131)56(27-16-20-37-94)103-89(141)68(49-116)112-81(133)57(28-17-21-38-95)102-85(137)64(45-72(122)123)109-84(136)63(44-54-24-13-12-14-25-54)108-80(132)55(26-15-19-36-93)101-82(134)58(31-33-70(118)119)105-91(143)75(51(5)10-2)113-83(135)59(32-34-71(120)121)100-76(128)52(6)98-78(130)60(35-42-145-8)104-86(138)66(47-74(126)127)111-90(142)69-30-23-41-114(69)92(144)61(29-18-22-39-96)106-87(139)65(46-73(124)125)110-88(140)67(48-115)99-53(7)117/h12-14,24-25,50-52,55-69,75,115-116H,9-11,15-23,26-49,93-96H2,1-8H3,(H,97,129)(H,98,130)(H,99,117)(H,100,128)(H,101,134)(H,102,137)(H,103,141)(H,104,138)(H,105,143)(H,106,139)(H,107,131)(H,108,132)(H,109,136)(H,110,140)(H,111,142)(H,112,133)(H,113,135)(H,118,119)(H,120,121)(H,122,123)(H,124,125)(H,126,127). The van der Waals surface area contributed by atoms with Gasteiger partial charge in [0.2, 0.25) is 106 Å². The first-order valence-electron chi connectivity index (χ1n) is 48.7. The van der Waals surface area contributed by atoms with Gasteiger partial charge in [0.15, 0.2) is 0 Å². The Morgan fingerprint density at radius 1 is 0.379 bits per heavy atom. The molecule has 1 aliphatic rings. The van der Waals surface area contributed by atoms with Crippen LogP contribution in [0.2, 0.25) is 0 Å². The molecule has 52 nitrogen and oxygen atoms in total. The molecule has 1 aromatic rings. The lowest BCUT2D eigenvalue weighted by atomic mass is 9.96. The van der Waals surface area contributed by atoms with E-state index >= 15 is 0 Å². The number of carbonyl (C=O) groups excluding carboxylic acids is 18. The smallest absolute Gasteiger partial charge is 0.305 e. The lowest BCUT2D eigenvalue weighted by molar-refractivity contribution is -0.145. The summed E-state index contributed by atoms with van der Waals surface area (Å²) in [5, 5.41) is 111. The number of hydrogen-bond acceptors (Lipinski definition) is 30. The SMILES string of the molecule is CCCCNC(=O)C(CC(C)C)NC(=O)C(CCCCN)NC(=O)C(CO)NC(=O)C(CCCCN)NC(=O)C(CC(=O)O)NC(=O)C(Cc1ccccc1)NC(=O)C(CCCCN)NC(=O)C(CCC(=O)O)NC(=O)C(NC(=O)C(CCC(=O)O)NC(=O)C(C)NC(=O)C(CCSC)NC(=O)C(CC(=O)O)NC(=O)C1CCCN1C(=O)C(CCCCN)NC(=O)C(CC(=O)O)NC(=O)C(CO)NC(C)=O)C(C)CC. The number of unbranched alkanes of at least 4 members (excludes halogenated alkanes) is 5.